The summed E-state index contributed by atoms with van der Waals surface area (Å²) in [6.07, 6.45) is 4.16. The summed E-state index contributed by atoms with van der Waals surface area (Å²) in [4.78, 5) is 0. The van der Waals surface area contributed by atoms with Crippen LogP contribution >= 0.6 is 0 Å². The number of nitrogens with one attached hydrogen (secondary N) is 1. The van der Waals surface area contributed by atoms with Crippen molar-refractivity contribution < 1.29 is 4.74 Å². The number of hydrogen-bond acceptors (Lipinski definition) is 3. The van der Waals surface area contributed by atoms with Crippen molar-refractivity contribution in [2.24, 2.45) is 13.0 Å². The van der Waals surface area contributed by atoms with Gasteiger partial charge in [0.25, 0.3) is 0 Å². The van der Waals surface area contributed by atoms with Gasteiger partial charge in [0.15, 0.2) is 0 Å². The zero-order valence-corrected chi connectivity index (χ0v) is 12.7. The van der Waals surface area contributed by atoms with Crippen molar-refractivity contribution in [3.63, 3.8) is 0 Å². The maximum atomic E-state index is 5.95. The van der Waals surface area contributed by atoms with E-state index in [9.17, 15) is 0 Å². The Labute approximate surface area is 126 Å². The summed E-state index contributed by atoms with van der Waals surface area (Å²) >= 11 is 0. The monoisotopic (exact) mass is 285 g/mol. The van der Waals surface area contributed by atoms with Crippen molar-refractivity contribution >= 4 is 0 Å². The summed E-state index contributed by atoms with van der Waals surface area (Å²) in [6.45, 7) is 3.93. The van der Waals surface area contributed by atoms with Crippen LogP contribution in [0.5, 0.6) is 5.75 Å². The molecule has 2 aromatic rings. The predicted octanol–water partition coefficient (Wildman–Crippen LogP) is 2.71. The molecule has 1 aromatic heterocycles. The summed E-state index contributed by atoms with van der Waals surface area (Å²) in [7, 11) is 1.97. The van der Waals surface area contributed by atoms with E-state index in [4.69, 9.17) is 4.74 Å². The van der Waals surface area contributed by atoms with Crippen molar-refractivity contribution in [2.45, 2.75) is 25.8 Å². The van der Waals surface area contributed by atoms with Gasteiger partial charge in [-0.25, -0.2) is 0 Å². The predicted molar refractivity (Wildman–Crippen MR) is 83.4 cm³/mol. The summed E-state index contributed by atoms with van der Waals surface area (Å²) in [5, 5.41) is 8.24. The van der Waals surface area contributed by atoms with Gasteiger partial charge in [-0.2, -0.15) is 5.10 Å². The molecule has 2 unspecified atom stereocenters. The van der Waals surface area contributed by atoms with Gasteiger partial charge in [0.1, 0.15) is 5.75 Å². The average Bonchev–Trinajstić information content (AvgIpc) is 2.94. The third-order valence-corrected chi connectivity index (χ3v) is 4.05. The van der Waals surface area contributed by atoms with Gasteiger partial charge in [0.2, 0.25) is 0 Å². The zero-order valence-electron chi connectivity index (χ0n) is 12.7. The number of nitrogens with zero attached hydrogens (tertiary/aromatic N) is 2. The number of rotatable bonds is 5. The second-order valence-electron chi connectivity index (χ2n) is 5.73. The molecular formula is C17H23N3O. The molecule has 0 fully saturated rings. The Morgan fingerprint density at radius 1 is 1.38 bits per heavy atom. The van der Waals surface area contributed by atoms with E-state index in [1.807, 2.05) is 24.0 Å². The molecule has 0 radical (unpaired) electrons. The highest BCUT2D eigenvalue weighted by molar-refractivity contribution is 5.35. The minimum Gasteiger partial charge on any atom is -0.493 e. The molecule has 4 nitrogen and oxygen atoms in total. The van der Waals surface area contributed by atoms with Gasteiger partial charge in [-0.3, -0.25) is 4.68 Å². The van der Waals surface area contributed by atoms with E-state index in [1.165, 1.54) is 5.56 Å². The van der Waals surface area contributed by atoms with E-state index >= 15 is 0 Å². The van der Waals surface area contributed by atoms with Crippen molar-refractivity contribution in [3.05, 3.63) is 47.8 Å². The van der Waals surface area contributed by atoms with Crippen LogP contribution in [0, 0.1) is 5.92 Å². The fourth-order valence-electron chi connectivity index (χ4n) is 2.98. The van der Waals surface area contributed by atoms with Crippen molar-refractivity contribution in [3.8, 4) is 5.75 Å². The maximum Gasteiger partial charge on any atom is 0.122 e. The highest BCUT2D eigenvalue weighted by Gasteiger charge is 2.29. The van der Waals surface area contributed by atoms with E-state index < -0.39 is 0 Å². The van der Waals surface area contributed by atoms with E-state index in [-0.39, 0.29) is 6.04 Å². The van der Waals surface area contributed by atoms with Gasteiger partial charge in [-0.05, 0) is 37.1 Å². The number of aromatic nitrogens is 2. The molecule has 112 valence electrons. The Hall–Kier alpha value is -1.81. The van der Waals surface area contributed by atoms with Crippen LogP contribution in [0.3, 0.4) is 0 Å². The van der Waals surface area contributed by atoms with E-state index in [1.54, 1.807) is 0 Å². The van der Waals surface area contributed by atoms with Crippen molar-refractivity contribution in [1.29, 1.82) is 0 Å². The molecule has 1 aliphatic rings. The topological polar surface area (TPSA) is 39.1 Å². The molecule has 2 heterocycles. The van der Waals surface area contributed by atoms with Gasteiger partial charge in [0.05, 0.1) is 18.3 Å². The van der Waals surface area contributed by atoms with E-state index in [0.717, 1.165) is 37.4 Å². The van der Waals surface area contributed by atoms with Crippen molar-refractivity contribution in [1.82, 2.24) is 15.1 Å². The Morgan fingerprint density at radius 3 is 3.00 bits per heavy atom. The highest BCUT2D eigenvalue weighted by atomic mass is 16.5. The first-order valence-corrected chi connectivity index (χ1v) is 7.71. The quantitative estimate of drug-likeness (QED) is 0.918. The maximum absolute atomic E-state index is 5.95. The first-order valence-electron chi connectivity index (χ1n) is 7.71. The summed E-state index contributed by atoms with van der Waals surface area (Å²) in [5.74, 6) is 1.45. The fraction of sp³-hybridized carbons (Fsp3) is 0.471. The van der Waals surface area contributed by atoms with Gasteiger partial charge < -0.3 is 10.1 Å². The second kappa shape index (κ2) is 6.31. The number of aryl methyl sites for hydroxylation is 1. The van der Waals surface area contributed by atoms with Gasteiger partial charge in [-0.15, -0.1) is 0 Å². The second-order valence-corrected chi connectivity index (χ2v) is 5.73. The van der Waals surface area contributed by atoms with Crippen LogP contribution in [0.25, 0.3) is 0 Å². The van der Waals surface area contributed by atoms with Gasteiger partial charge in [-0.1, -0.05) is 25.1 Å². The Balaban J connectivity index is 1.81. The summed E-state index contributed by atoms with van der Waals surface area (Å²) in [5.41, 5.74) is 2.41. The van der Waals surface area contributed by atoms with E-state index in [0.29, 0.717) is 5.92 Å². The lowest BCUT2D eigenvalue weighted by molar-refractivity contribution is 0.182. The SMILES string of the molecule is CCCNC(c1ccn(C)n1)C1COc2ccccc2C1. The van der Waals surface area contributed by atoms with Gasteiger partial charge >= 0.3 is 0 Å². The standard InChI is InChI=1S/C17H23N3O/c1-3-9-18-17(15-8-10-20(2)19-15)14-11-13-6-4-5-7-16(13)21-12-14/h4-8,10,14,17-18H,3,9,11-12H2,1-2H3. The molecule has 2 atom stereocenters. The number of para-hydroxylation sites is 1. The Bertz CT molecular complexity index is 593. The van der Waals surface area contributed by atoms with Crippen LogP contribution in [0.1, 0.15) is 30.6 Å². The van der Waals surface area contributed by atoms with Crippen molar-refractivity contribution in [2.75, 3.05) is 13.2 Å². The molecule has 1 aromatic carbocycles. The normalized spacial score (nSPS) is 18.9. The Morgan fingerprint density at radius 2 is 2.24 bits per heavy atom. The molecule has 1 N–H and O–H groups in total. The van der Waals surface area contributed by atoms with Crippen LogP contribution in [0.2, 0.25) is 0 Å². The number of hydrogen-bond donors (Lipinski definition) is 1. The van der Waals surface area contributed by atoms with Gasteiger partial charge in [0, 0.05) is 19.2 Å². The molecule has 0 saturated heterocycles. The molecule has 0 bridgehead atoms. The number of fused-ring (bicyclic) bond motifs is 1. The number of ether oxygens (including phenoxy) is 1. The smallest absolute Gasteiger partial charge is 0.122 e. The molecule has 1 aliphatic heterocycles. The Kier molecular flexibility index (Phi) is 4.25. The van der Waals surface area contributed by atoms with Crippen LogP contribution in [0.4, 0.5) is 0 Å². The minimum atomic E-state index is 0.250. The molecular weight excluding hydrogens is 262 g/mol. The molecule has 21 heavy (non-hydrogen) atoms. The zero-order chi connectivity index (χ0) is 14.7. The third kappa shape index (κ3) is 3.10. The fourth-order valence-corrected chi connectivity index (χ4v) is 2.98. The molecule has 0 aliphatic carbocycles. The van der Waals surface area contributed by atoms with Crippen LogP contribution in [-0.4, -0.2) is 22.9 Å². The number of benzene rings is 1. The molecule has 0 saturated carbocycles. The summed E-state index contributed by atoms with van der Waals surface area (Å²) in [6, 6.07) is 10.7. The van der Waals surface area contributed by atoms with Crippen LogP contribution < -0.4 is 10.1 Å². The molecule has 0 amide bonds. The molecule has 0 spiro atoms. The lowest BCUT2D eigenvalue weighted by atomic mass is 9.88. The molecule has 4 heteroatoms. The van der Waals surface area contributed by atoms with E-state index in [2.05, 4.69) is 41.6 Å². The van der Waals surface area contributed by atoms with Crippen LogP contribution in [-0.2, 0) is 13.5 Å². The van der Waals surface area contributed by atoms with Crippen LogP contribution in [0.15, 0.2) is 36.5 Å². The lowest BCUT2D eigenvalue weighted by Gasteiger charge is -2.31. The average molecular weight is 285 g/mol. The first kappa shape index (κ1) is 14.1. The molecule has 3 rings (SSSR count). The minimum absolute atomic E-state index is 0.250. The lowest BCUT2D eigenvalue weighted by Crippen LogP contribution is -2.36. The first-order chi connectivity index (χ1) is 10.3. The summed E-state index contributed by atoms with van der Waals surface area (Å²) < 4.78 is 7.82. The third-order valence-electron chi connectivity index (χ3n) is 4.05. The highest BCUT2D eigenvalue weighted by Crippen LogP contribution is 2.33. The largest absolute Gasteiger partial charge is 0.493 e.